The van der Waals surface area contributed by atoms with Crippen molar-refractivity contribution in [3.63, 3.8) is 0 Å². The van der Waals surface area contributed by atoms with Crippen LogP contribution in [0.2, 0.25) is 0 Å². The Morgan fingerprint density at radius 2 is 2.08 bits per heavy atom. The smallest absolute Gasteiger partial charge is 0.227 e. The molecule has 2 heterocycles. The number of aromatic amines is 1. The second-order valence-electron chi connectivity index (χ2n) is 7.11. The summed E-state index contributed by atoms with van der Waals surface area (Å²) in [7, 11) is 1.95. The summed E-state index contributed by atoms with van der Waals surface area (Å²) in [6.07, 6.45) is 2.65. The van der Waals surface area contributed by atoms with Gasteiger partial charge in [0.2, 0.25) is 5.91 Å². The van der Waals surface area contributed by atoms with Crippen LogP contribution in [0.25, 0.3) is 0 Å². The van der Waals surface area contributed by atoms with Crippen molar-refractivity contribution in [2.24, 2.45) is 0 Å². The molecule has 0 aliphatic carbocycles. The maximum Gasteiger partial charge on any atom is 0.227 e. The van der Waals surface area contributed by atoms with Crippen LogP contribution in [0.4, 0.5) is 0 Å². The van der Waals surface area contributed by atoms with E-state index in [1.165, 1.54) is 5.56 Å². The van der Waals surface area contributed by atoms with Crippen molar-refractivity contribution in [1.82, 2.24) is 20.0 Å². The van der Waals surface area contributed by atoms with E-state index in [0.29, 0.717) is 6.42 Å². The molecular weight excluding hydrogens is 312 g/mol. The highest BCUT2D eigenvalue weighted by Gasteiger charge is 2.26. The van der Waals surface area contributed by atoms with Crippen molar-refractivity contribution >= 4 is 5.91 Å². The first kappa shape index (κ1) is 17.7. The molecule has 3 rings (SSSR count). The lowest BCUT2D eigenvalue weighted by atomic mass is 10.0. The summed E-state index contributed by atoms with van der Waals surface area (Å²) in [5.41, 5.74) is 4.29. The highest BCUT2D eigenvalue weighted by atomic mass is 16.2. The Kier molecular flexibility index (Phi) is 5.53. The minimum atomic E-state index is 0.180. The molecule has 2 aromatic rings. The van der Waals surface area contributed by atoms with Crippen LogP contribution in [-0.4, -0.2) is 52.1 Å². The van der Waals surface area contributed by atoms with Gasteiger partial charge in [0.05, 0.1) is 12.1 Å². The number of carbonyl (C=O) groups is 1. The lowest BCUT2D eigenvalue weighted by Gasteiger charge is -2.37. The summed E-state index contributed by atoms with van der Waals surface area (Å²) < 4.78 is 0. The van der Waals surface area contributed by atoms with Gasteiger partial charge in [-0.05, 0) is 38.8 Å². The molecule has 5 heteroatoms. The van der Waals surface area contributed by atoms with Crippen LogP contribution in [0, 0.1) is 13.8 Å². The minimum Gasteiger partial charge on any atom is -0.341 e. The van der Waals surface area contributed by atoms with E-state index in [2.05, 4.69) is 45.4 Å². The van der Waals surface area contributed by atoms with Crippen molar-refractivity contribution in [3.8, 4) is 0 Å². The molecule has 1 aliphatic heterocycles. The first-order valence-electron chi connectivity index (χ1n) is 9.07. The van der Waals surface area contributed by atoms with Crippen molar-refractivity contribution in [2.45, 2.75) is 45.7 Å². The standard InChI is InChI=1S/C20H28N4O/c1-15-19(16(2)22-21-15)12-20(25)23(3)18-10-7-11-24(14-18)13-17-8-5-4-6-9-17/h4-6,8-9,18H,7,10-14H2,1-3H3,(H,21,22)/t18-/m0/s1. The van der Waals surface area contributed by atoms with E-state index in [9.17, 15) is 4.79 Å². The van der Waals surface area contributed by atoms with Crippen LogP contribution in [-0.2, 0) is 17.8 Å². The van der Waals surface area contributed by atoms with Crippen LogP contribution in [0.1, 0.15) is 35.4 Å². The fraction of sp³-hybridized carbons (Fsp3) is 0.500. The van der Waals surface area contributed by atoms with Gasteiger partial charge in [-0.1, -0.05) is 30.3 Å². The number of aryl methyl sites for hydroxylation is 2. The fourth-order valence-electron chi connectivity index (χ4n) is 3.65. The number of nitrogens with zero attached hydrogens (tertiary/aromatic N) is 3. The number of H-pyrrole nitrogens is 1. The molecule has 1 aliphatic rings. The SMILES string of the molecule is Cc1n[nH]c(C)c1CC(=O)N(C)[C@H]1CCCN(Cc2ccccc2)C1. The van der Waals surface area contributed by atoms with Crippen LogP contribution in [0.3, 0.4) is 0 Å². The van der Waals surface area contributed by atoms with Crippen LogP contribution >= 0.6 is 0 Å². The third kappa shape index (κ3) is 4.28. The molecule has 25 heavy (non-hydrogen) atoms. The average Bonchev–Trinajstić information content (AvgIpc) is 2.94. The first-order valence-corrected chi connectivity index (χ1v) is 9.07. The van der Waals surface area contributed by atoms with Crippen molar-refractivity contribution in [1.29, 1.82) is 0 Å². The van der Waals surface area contributed by atoms with Gasteiger partial charge in [-0.15, -0.1) is 0 Å². The predicted molar refractivity (Wildman–Crippen MR) is 99.3 cm³/mol. The fourth-order valence-corrected chi connectivity index (χ4v) is 3.65. The topological polar surface area (TPSA) is 52.2 Å². The largest absolute Gasteiger partial charge is 0.341 e. The Morgan fingerprint density at radius 1 is 1.32 bits per heavy atom. The summed E-state index contributed by atoms with van der Waals surface area (Å²) in [6.45, 7) is 6.94. The maximum atomic E-state index is 12.7. The van der Waals surface area contributed by atoms with E-state index in [4.69, 9.17) is 0 Å². The Labute approximate surface area is 150 Å². The normalized spacial score (nSPS) is 18.3. The zero-order chi connectivity index (χ0) is 17.8. The summed E-state index contributed by atoms with van der Waals surface area (Å²) in [5, 5.41) is 7.16. The highest BCUT2D eigenvalue weighted by molar-refractivity contribution is 5.79. The number of hydrogen-bond donors (Lipinski definition) is 1. The third-order valence-electron chi connectivity index (χ3n) is 5.28. The molecule has 1 aromatic heterocycles. The molecule has 0 spiro atoms. The van der Waals surface area contributed by atoms with Gasteiger partial charge in [-0.2, -0.15) is 5.10 Å². The van der Waals surface area contributed by atoms with Gasteiger partial charge in [0.25, 0.3) is 0 Å². The number of likely N-dealkylation sites (N-methyl/N-ethyl adjacent to an activating group) is 1. The van der Waals surface area contributed by atoms with Crippen LogP contribution < -0.4 is 0 Å². The van der Waals surface area contributed by atoms with Crippen molar-refractivity contribution in [2.75, 3.05) is 20.1 Å². The summed E-state index contributed by atoms with van der Waals surface area (Å²) >= 11 is 0. The predicted octanol–water partition coefficient (Wildman–Crippen LogP) is 2.69. The van der Waals surface area contributed by atoms with E-state index >= 15 is 0 Å². The molecule has 1 saturated heterocycles. The second-order valence-corrected chi connectivity index (χ2v) is 7.11. The van der Waals surface area contributed by atoms with Gasteiger partial charge in [-0.25, -0.2) is 0 Å². The number of hydrogen-bond acceptors (Lipinski definition) is 3. The van der Waals surface area contributed by atoms with E-state index in [1.807, 2.05) is 25.8 Å². The number of likely N-dealkylation sites (tertiary alicyclic amines) is 1. The zero-order valence-electron chi connectivity index (χ0n) is 15.5. The maximum absolute atomic E-state index is 12.7. The summed E-state index contributed by atoms with van der Waals surface area (Å²) in [4.78, 5) is 17.2. The van der Waals surface area contributed by atoms with E-state index < -0.39 is 0 Å². The number of nitrogens with one attached hydrogen (secondary N) is 1. The third-order valence-corrected chi connectivity index (χ3v) is 5.28. The molecule has 0 saturated carbocycles. The molecular formula is C20H28N4O. The summed E-state index contributed by atoms with van der Waals surface area (Å²) in [5.74, 6) is 0.180. The molecule has 0 bridgehead atoms. The van der Waals surface area contributed by atoms with Crippen molar-refractivity contribution in [3.05, 3.63) is 52.8 Å². The van der Waals surface area contributed by atoms with Crippen molar-refractivity contribution < 1.29 is 4.79 Å². The Hall–Kier alpha value is -2.14. The Balaban J connectivity index is 1.59. The Bertz CT molecular complexity index is 690. The van der Waals surface area contributed by atoms with Gasteiger partial charge >= 0.3 is 0 Å². The molecule has 5 nitrogen and oxygen atoms in total. The second kappa shape index (κ2) is 7.83. The zero-order valence-corrected chi connectivity index (χ0v) is 15.5. The number of benzene rings is 1. The number of carbonyl (C=O) groups excluding carboxylic acids is 1. The monoisotopic (exact) mass is 340 g/mol. The molecule has 1 aromatic carbocycles. The Morgan fingerprint density at radius 3 is 2.76 bits per heavy atom. The van der Waals surface area contributed by atoms with Gasteiger partial charge in [0, 0.05) is 37.4 Å². The lowest BCUT2D eigenvalue weighted by molar-refractivity contribution is -0.132. The van der Waals surface area contributed by atoms with Gasteiger partial charge in [0.1, 0.15) is 0 Å². The molecule has 1 N–H and O–H groups in total. The van der Waals surface area contributed by atoms with Crippen LogP contribution in [0.5, 0.6) is 0 Å². The molecule has 0 unspecified atom stereocenters. The number of amides is 1. The molecule has 0 radical (unpaired) electrons. The quantitative estimate of drug-likeness (QED) is 0.910. The molecule has 1 amide bonds. The average molecular weight is 340 g/mol. The van der Waals surface area contributed by atoms with Gasteiger partial charge < -0.3 is 4.90 Å². The first-order chi connectivity index (χ1) is 12.0. The van der Waals surface area contributed by atoms with Gasteiger partial charge in [-0.3, -0.25) is 14.8 Å². The summed E-state index contributed by atoms with van der Waals surface area (Å²) in [6, 6.07) is 10.8. The minimum absolute atomic E-state index is 0.180. The van der Waals surface area contributed by atoms with Crippen LogP contribution in [0.15, 0.2) is 30.3 Å². The van der Waals surface area contributed by atoms with E-state index in [0.717, 1.165) is 49.4 Å². The number of piperidine rings is 1. The van der Waals surface area contributed by atoms with Gasteiger partial charge in [0.15, 0.2) is 0 Å². The number of aromatic nitrogens is 2. The highest BCUT2D eigenvalue weighted by Crippen LogP contribution is 2.19. The molecule has 1 atom stereocenters. The molecule has 134 valence electrons. The van der Waals surface area contributed by atoms with E-state index in [1.54, 1.807) is 0 Å². The lowest BCUT2D eigenvalue weighted by Crippen LogP contribution is -2.48. The van der Waals surface area contributed by atoms with E-state index in [-0.39, 0.29) is 11.9 Å². The molecule has 1 fully saturated rings. The number of rotatable bonds is 5.